The lowest BCUT2D eigenvalue weighted by molar-refractivity contribution is 0.620. The number of nitrogens with zero attached hydrogens (tertiary/aromatic N) is 2. The van der Waals surface area contributed by atoms with E-state index in [1.54, 1.807) is 19.2 Å². The lowest BCUT2D eigenvalue weighted by Gasteiger charge is -1.93. The summed E-state index contributed by atoms with van der Waals surface area (Å²) in [6.45, 7) is 1.73. The second kappa shape index (κ2) is 3.66. The van der Waals surface area contributed by atoms with Crippen LogP contribution >= 0.6 is 0 Å². The average Bonchev–Trinajstić information content (AvgIpc) is 2.74. The molecule has 17 heavy (non-hydrogen) atoms. The second-order valence-electron chi connectivity index (χ2n) is 3.92. The number of rotatable bonds is 1. The maximum atomic E-state index is 13.4. The lowest BCUT2D eigenvalue weighted by atomic mass is 10.2. The zero-order chi connectivity index (χ0) is 11.8. The van der Waals surface area contributed by atoms with Crippen LogP contribution in [0.25, 0.3) is 22.6 Å². The van der Waals surface area contributed by atoms with Gasteiger partial charge in [0.05, 0.1) is 11.0 Å². The van der Waals surface area contributed by atoms with E-state index in [4.69, 9.17) is 0 Å². The minimum Gasteiger partial charge on any atom is -0.337 e. The first-order chi connectivity index (χ1) is 8.24. The molecule has 1 N–H and O–H groups in total. The first kappa shape index (κ1) is 9.96. The summed E-state index contributed by atoms with van der Waals surface area (Å²) in [6.07, 6.45) is 1.70. The van der Waals surface area contributed by atoms with Gasteiger partial charge in [0.15, 0.2) is 5.82 Å². The van der Waals surface area contributed by atoms with Crippen LogP contribution in [0, 0.1) is 12.7 Å². The number of H-pyrrole nitrogens is 1. The van der Waals surface area contributed by atoms with Crippen molar-refractivity contribution in [1.82, 2.24) is 15.0 Å². The minimum atomic E-state index is -0.228. The van der Waals surface area contributed by atoms with Gasteiger partial charge >= 0.3 is 0 Å². The minimum absolute atomic E-state index is 0.228. The van der Waals surface area contributed by atoms with Crippen molar-refractivity contribution in [2.75, 3.05) is 0 Å². The van der Waals surface area contributed by atoms with Gasteiger partial charge in [-0.3, -0.25) is 4.98 Å². The maximum absolute atomic E-state index is 13.4. The van der Waals surface area contributed by atoms with Crippen molar-refractivity contribution in [2.45, 2.75) is 6.92 Å². The Bertz CT molecular complexity index is 635. The third kappa shape index (κ3) is 1.67. The molecular weight excluding hydrogens is 217 g/mol. The number of aromatic amines is 1. The van der Waals surface area contributed by atoms with Crippen LogP contribution in [0.3, 0.4) is 0 Å². The molecule has 3 rings (SSSR count). The number of fused-ring (bicyclic) bond motifs is 1. The fourth-order valence-corrected chi connectivity index (χ4v) is 1.76. The molecule has 2 heterocycles. The molecule has 0 saturated heterocycles. The number of halogens is 1. The van der Waals surface area contributed by atoms with Crippen molar-refractivity contribution in [3.63, 3.8) is 0 Å². The number of aromatic nitrogens is 3. The van der Waals surface area contributed by atoms with E-state index in [9.17, 15) is 4.39 Å². The third-order valence-electron chi connectivity index (χ3n) is 2.67. The molecule has 0 unspecified atom stereocenters. The molecule has 0 fully saturated rings. The second-order valence-corrected chi connectivity index (χ2v) is 3.92. The number of benzene rings is 1. The van der Waals surface area contributed by atoms with Crippen molar-refractivity contribution in [3.8, 4) is 11.5 Å². The third-order valence-corrected chi connectivity index (χ3v) is 2.67. The largest absolute Gasteiger partial charge is 0.337 e. The smallest absolute Gasteiger partial charge is 0.157 e. The highest BCUT2D eigenvalue weighted by Gasteiger charge is 2.08. The summed E-state index contributed by atoms with van der Waals surface area (Å²) in [6, 6.07) is 8.79. The Balaban J connectivity index is 2.21. The highest BCUT2D eigenvalue weighted by Crippen LogP contribution is 2.21. The van der Waals surface area contributed by atoms with Crippen LogP contribution in [-0.4, -0.2) is 15.0 Å². The lowest BCUT2D eigenvalue weighted by Crippen LogP contribution is -1.82. The SMILES string of the molecule is Cc1cc2nc(-c3ccccn3)[nH]c2cc1F. The molecule has 0 aliphatic rings. The van der Waals surface area contributed by atoms with Crippen molar-refractivity contribution >= 4 is 11.0 Å². The molecular formula is C13H10FN3. The first-order valence-corrected chi connectivity index (χ1v) is 5.31. The summed E-state index contributed by atoms with van der Waals surface area (Å²) < 4.78 is 13.4. The summed E-state index contributed by atoms with van der Waals surface area (Å²) in [4.78, 5) is 11.7. The first-order valence-electron chi connectivity index (χ1n) is 5.31. The van der Waals surface area contributed by atoms with Crippen LogP contribution in [0.15, 0.2) is 36.5 Å². The van der Waals surface area contributed by atoms with Crippen molar-refractivity contribution in [2.24, 2.45) is 0 Å². The van der Waals surface area contributed by atoms with Crippen molar-refractivity contribution in [1.29, 1.82) is 0 Å². The molecule has 0 amide bonds. The van der Waals surface area contributed by atoms with Gasteiger partial charge in [-0.1, -0.05) is 6.07 Å². The average molecular weight is 227 g/mol. The Morgan fingerprint density at radius 1 is 1.24 bits per heavy atom. The number of hydrogen-bond donors (Lipinski definition) is 1. The van der Waals surface area contributed by atoms with Gasteiger partial charge in [-0.2, -0.15) is 0 Å². The van der Waals surface area contributed by atoms with E-state index in [-0.39, 0.29) is 5.82 Å². The fourth-order valence-electron chi connectivity index (χ4n) is 1.76. The molecule has 3 nitrogen and oxygen atoms in total. The van der Waals surface area contributed by atoms with Gasteiger partial charge in [-0.25, -0.2) is 9.37 Å². The molecule has 0 aliphatic heterocycles. The van der Waals surface area contributed by atoms with Gasteiger partial charge in [0.25, 0.3) is 0 Å². The highest BCUT2D eigenvalue weighted by molar-refractivity contribution is 5.79. The number of hydrogen-bond acceptors (Lipinski definition) is 2. The Hall–Kier alpha value is -2.23. The topological polar surface area (TPSA) is 41.6 Å². The van der Waals surface area contributed by atoms with E-state index in [1.807, 2.05) is 18.2 Å². The maximum Gasteiger partial charge on any atom is 0.157 e. The van der Waals surface area contributed by atoms with Crippen LogP contribution in [0.5, 0.6) is 0 Å². The number of nitrogens with one attached hydrogen (secondary N) is 1. The van der Waals surface area contributed by atoms with Crippen LogP contribution in [0.4, 0.5) is 4.39 Å². The summed E-state index contributed by atoms with van der Waals surface area (Å²) in [5.41, 5.74) is 2.79. The van der Waals surface area contributed by atoms with Gasteiger partial charge in [-0.05, 0) is 36.8 Å². The van der Waals surface area contributed by atoms with E-state index in [1.165, 1.54) is 6.07 Å². The Morgan fingerprint density at radius 3 is 2.88 bits per heavy atom. The molecule has 4 heteroatoms. The fraction of sp³-hybridized carbons (Fsp3) is 0.0769. The number of aryl methyl sites for hydroxylation is 1. The quantitative estimate of drug-likeness (QED) is 0.694. The molecule has 0 radical (unpaired) electrons. The van der Waals surface area contributed by atoms with E-state index < -0.39 is 0 Å². The molecule has 0 atom stereocenters. The van der Waals surface area contributed by atoms with Crippen molar-refractivity contribution < 1.29 is 4.39 Å². The van der Waals surface area contributed by atoms with Gasteiger partial charge < -0.3 is 4.98 Å². The van der Waals surface area contributed by atoms with Gasteiger partial charge in [0.2, 0.25) is 0 Å². The summed E-state index contributed by atoms with van der Waals surface area (Å²) in [5, 5.41) is 0. The van der Waals surface area contributed by atoms with E-state index in [0.29, 0.717) is 16.9 Å². The molecule has 0 aliphatic carbocycles. The van der Waals surface area contributed by atoms with Crippen LogP contribution < -0.4 is 0 Å². The van der Waals surface area contributed by atoms with Crippen LogP contribution in [0.2, 0.25) is 0 Å². The summed E-state index contributed by atoms with van der Waals surface area (Å²) in [7, 11) is 0. The van der Waals surface area contributed by atoms with Crippen molar-refractivity contribution in [3.05, 3.63) is 47.9 Å². The molecule has 1 aromatic carbocycles. The Morgan fingerprint density at radius 2 is 2.12 bits per heavy atom. The van der Waals surface area contributed by atoms with E-state index in [2.05, 4.69) is 15.0 Å². The number of imidazole rings is 1. The molecule has 0 saturated carbocycles. The number of pyridine rings is 1. The summed E-state index contributed by atoms with van der Waals surface area (Å²) >= 11 is 0. The monoisotopic (exact) mass is 227 g/mol. The molecule has 3 aromatic rings. The molecule has 84 valence electrons. The van der Waals surface area contributed by atoms with Gasteiger partial charge in [0.1, 0.15) is 11.5 Å². The van der Waals surface area contributed by atoms with Gasteiger partial charge in [0, 0.05) is 6.20 Å². The molecule has 2 aromatic heterocycles. The predicted molar refractivity (Wildman–Crippen MR) is 64.0 cm³/mol. The zero-order valence-corrected chi connectivity index (χ0v) is 9.24. The van der Waals surface area contributed by atoms with E-state index in [0.717, 1.165) is 11.2 Å². The summed E-state index contributed by atoms with van der Waals surface area (Å²) in [5.74, 6) is 0.430. The molecule has 0 bridgehead atoms. The predicted octanol–water partition coefficient (Wildman–Crippen LogP) is 3.07. The Kier molecular flexibility index (Phi) is 2.14. The van der Waals surface area contributed by atoms with Gasteiger partial charge in [-0.15, -0.1) is 0 Å². The standard InChI is InChI=1S/C13H10FN3/c1-8-6-11-12(7-9(8)14)17-13(16-11)10-4-2-3-5-15-10/h2-7H,1H3,(H,16,17). The highest BCUT2D eigenvalue weighted by atomic mass is 19.1. The molecule has 0 spiro atoms. The normalized spacial score (nSPS) is 10.9. The Labute approximate surface area is 97.3 Å². The zero-order valence-electron chi connectivity index (χ0n) is 9.24. The van der Waals surface area contributed by atoms with Crippen LogP contribution in [-0.2, 0) is 0 Å². The van der Waals surface area contributed by atoms with Crippen LogP contribution in [0.1, 0.15) is 5.56 Å². The van der Waals surface area contributed by atoms with E-state index >= 15 is 0 Å².